The Bertz CT molecular complexity index is 1840. The van der Waals surface area contributed by atoms with Crippen LogP contribution in [-0.2, 0) is 4.12 Å². The van der Waals surface area contributed by atoms with E-state index in [1.165, 1.54) is 24.3 Å². The lowest BCUT2D eigenvalue weighted by Gasteiger charge is -2.40. The van der Waals surface area contributed by atoms with Crippen molar-refractivity contribution in [2.45, 2.75) is 0 Å². The fourth-order valence-electron chi connectivity index (χ4n) is 5.86. The highest BCUT2D eigenvalue weighted by atomic mass is 28.4. The van der Waals surface area contributed by atoms with Gasteiger partial charge < -0.3 is 4.12 Å². The van der Waals surface area contributed by atoms with Gasteiger partial charge in [-0.05, 0) is 56.1 Å². The number of rotatable bonds is 12. The maximum absolute atomic E-state index is 11.4. The van der Waals surface area contributed by atoms with Crippen molar-refractivity contribution in [1.82, 2.24) is 0 Å². The van der Waals surface area contributed by atoms with Gasteiger partial charge in [-0.15, -0.1) is 0 Å². The first-order chi connectivity index (χ1) is 23.9. The summed E-state index contributed by atoms with van der Waals surface area (Å²) >= 11 is 0. The number of non-ortho nitro benzene ring substituents is 2. The third-order valence-corrected chi connectivity index (χ3v) is 17.0. The average molecular weight is 677 g/mol. The van der Waals surface area contributed by atoms with E-state index in [1.807, 2.05) is 84.9 Å². The van der Waals surface area contributed by atoms with Gasteiger partial charge in [-0.2, -0.15) is 0 Å². The molecule has 0 radical (unpaired) electrons. The number of hydrogen-bond donors (Lipinski definition) is 0. The molecule has 0 unspecified atom stereocenters. The molecule has 0 fully saturated rings. The van der Waals surface area contributed by atoms with Crippen molar-refractivity contribution < 1.29 is 14.0 Å². The van der Waals surface area contributed by atoms with Crippen molar-refractivity contribution >= 4 is 60.9 Å². The lowest BCUT2D eigenvalue weighted by atomic mass is 10.2. The minimum atomic E-state index is -3.32. The number of hydrogen-bond acceptors (Lipinski definition) is 5. The van der Waals surface area contributed by atoms with Crippen LogP contribution in [-0.4, -0.2) is 26.5 Å². The van der Waals surface area contributed by atoms with Crippen molar-refractivity contribution in [2.24, 2.45) is 0 Å². The summed E-state index contributed by atoms with van der Waals surface area (Å²) in [5.74, 6) is 0. The Morgan fingerprint density at radius 3 is 0.918 bits per heavy atom. The van der Waals surface area contributed by atoms with Crippen LogP contribution in [0.4, 0.5) is 11.4 Å². The molecule has 0 aliphatic carbocycles. The number of benzene rings is 6. The van der Waals surface area contributed by atoms with Gasteiger partial charge in [0.15, 0.2) is 0 Å². The minimum Gasteiger partial charge on any atom is -0.436 e. The zero-order chi connectivity index (χ0) is 34.1. The first-order valence-corrected chi connectivity index (χ1v) is 19.7. The Hall–Kier alpha value is -6.01. The Morgan fingerprint density at radius 2 is 0.673 bits per heavy atom. The second-order valence-electron chi connectivity index (χ2n) is 11.4. The lowest BCUT2D eigenvalue weighted by Crippen LogP contribution is -2.71. The highest BCUT2D eigenvalue weighted by Gasteiger charge is 2.48. The van der Waals surface area contributed by atoms with Crippen LogP contribution in [0.5, 0.6) is 0 Å². The quantitative estimate of drug-likeness (QED) is 0.0804. The summed E-state index contributed by atoms with van der Waals surface area (Å²) in [7, 11) is -6.64. The van der Waals surface area contributed by atoms with Gasteiger partial charge in [-0.25, -0.2) is 0 Å². The van der Waals surface area contributed by atoms with Crippen molar-refractivity contribution in [3.63, 3.8) is 0 Å². The van der Waals surface area contributed by atoms with E-state index < -0.39 is 26.5 Å². The van der Waals surface area contributed by atoms with Gasteiger partial charge in [0.05, 0.1) is 9.85 Å². The molecule has 240 valence electrons. The zero-order valence-electron chi connectivity index (χ0n) is 26.4. The zero-order valence-corrected chi connectivity index (χ0v) is 28.4. The third kappa shape index (κ3) is 7.29. The van der Waals surface area contributed by atoms with E-state index in [0.29, 0.717) is 0 Å². The summed E-state index contributed by atoms with van der Waals surface area (Å²) < 4.78 is 8.03. The molecule has 0 aromatic heterocycles. The van der Waals surface area contributed by atoms with Crippen LogP contribution in [0.2, 0.25) is 0 Å². The molecular weight excluding hydrogens is 645 g/mol. The summed E-state index contributed by atoms with van der Waals surface area (Å²) in [6.07, 6.45) is 4.01. The Labute approximate surface area is 286 Å². The van der Waals surface area contributed by atoms with Crippen molar-refractivity contribution in [1.29, 1.82) is 0 Å². The SMILES string of the molecule is O=[N+]([O-])c1ccc(C=C[Si](O[Si](C=Cc2ccc([N+](=O)[O-])cc2)(c2ccccc2)c2ccccc2)(c2ccccc2)c2ccccc2)cc1. The molecule has 0 saturated heterocycles. The highest BCUT2D eigenvalue weighted by Crippen LogP contribution is 2.23. The monoisotopic (exact) mass is 676 g/mol. The summed E-state index contributed by atoms with van der Waals surface area (Å²) in [6.45, 7) is 0. The third-order valence-electron chi connectivity index (χ3n) is 8.36. The lowest BCUT2D eigenvalue weighted by molar-refractivity contribution is -0.385. The predicted molar refractivity (Wildman–Crippen MR) is 201 cm³/mol. The molecule has 0 aliphatic rings. The number of nitro groups is 2. The van der Waals surface area contributed by atoms with E-state index in [2.05, 4.69) is 59.9 Å². The fraction of sp³-hybridized carbons (Fsp3) is 0. The first kappa shape index (κ1) is 32.9. The van der Waals surface area contributed by atoms with E-state index in [-0.39, 0.29) is 11.4 Å². The molecule has 9 heteroatoms. The standard InChI is InChI=1S/C40H32N2O5Si2/c43-41(44)35-25-21-33(22-26-35)29-31-48(37-13-5-1-6-14-37,38-15-7-2-8-16-38)47-49(39-17-9-3-10-18-39,40-19-11-4-12-20-40)32-30-34-23-27-36(28-24-34)42(45)46/h1-32H. The van der Waals surface area contributed by atoms with Gasteiger partial charge in [0.25, 0.3) is 28.0 Å². The van der Waals surface area contributed by atoms with Crippen molar-refractivity contribution in [2.75, 3.05) is 0 Å². The normalized spacial score (nSPS) is 11.9. The number of nitro benzene ring substituents is 2. The molecule has 0 heterocycles. The molecule has 0 spiro atoms. The fourth-order valence-corrected chi connectivity index (χ4v) is 15.4. The Balaban J connectivity index is 1.62. The molecule has 7 nitrogen and oxygen atoms in total. The van der Waals surface area contributed by atoms with Crippen LogP contribution in [0.15, 0.2) is 181 Å². The van der Waals surface area contributed by atoms with Gasteiger partial charge in [-0.3, -0.25) is 20.2 Å². The van der Waals surface area contributed by atoms with Gasteiger partial charge in [0, 0.05) is 24.3 Å². The molecule has 0 saturated carbocycles. The van der Waals surface area contributed by atoms with E-state index >= 15 is 0 Å². The molecule has 6 aromatic rings. The van der Waals surface area contributed by atoms with E-state index in [1.54, 1.807) is 24.3 Å². The van der Waals surface area contributed by atoms with E-state index in [0.717, 1.165) is 31.9 Å². The second-order valence-corrected chi connectivity index (χ2v) is 18.1. The van der Waals surface area contributed by atoms with Gasteiger partial charge in [0.2, 0.25) is 0 Å². The minimum absolute atomic E-state index is 0.0268. The second kappa shape index (κ2) is 14.8. The molecule has 0 bridgehead atoms. The van der Waals surface area contributed by atoms with Crippen LogP contribution in [0, 0.1) is 20.2 Å². The van der Waals surface area contributed by atoms with Gasteiger partial charge in [0.1, 0.15) is 0 Å². The molecular formula is C40H32N2O5Si2. The van der Waals surface area contributed by atoms with Crippen LogP contribution in [0.25, 0.3) is 12.2 Å². The molecule has 6 rings (SSSR count). The maximum atomic E-state index is 11.4. The Morgan fingerprint density at radius 1 is 0.408 bits per heavy atom. The first-order valence-electron chi connectivity index (χ1n) is 15.7. The van der Waals surface area contributed by atoms with E-state index in [9.17, 15) is 20.2 Å². The molecule has 0 amide bonds. The topological polar surface area (TPSA) is 95.5 Å². The summed E-state index contributed by atoms with van der Waals surface area (Å²) in [4.78, 5) is 22.0. The van der Waals surface area contributed by atoms with Crippen LogP contribution >= 0.6 is 0 Å². The molecule has 6 aromatic carbocycles. The highest BCUT2D eigenvalue weighted by molar-refractivity contribution is 7.13. The predicted octanol–water partition coefficient (Wildman–Crippen LogP) is 6.84. The smallest absolute Gasteiger partial charge is 0.271 e. The van der Waals surface area contributed by atoms with Crippen molar-refractivity contribution in [3.8, 4) is 0 Å². The molecule has 0 N–H and O–H groups in total. The van der Waals surface area contributed by atoms with Gasteiger partial charge >= 0.3 is 0 Å². The van der Waals surface area contributed by atoms with Crippen LogP contribution in [0.3, 0.4) is 0 Å². The van der Waals surface area contributed by atoms with Crippen molar-refractivity contribution in [3.05, 3.63) is 213 Å². The average Bonchev–Trinajstić information content (AvgIpc) is 3.16. The summed E-state index contributed by atoms with van der Waals surface area (Å²) in [5.41, 5.74) is 6.02. The summed E-state index contributed by atoms with van der Waals surface area (Å²) in [5, 5.41) is 26.9. The molecule has 49 heavy (non-hydrogen) atoms. The van der Waals surface area contributed by atoms with Gasteiger partial charge in [-0.1, -0.05) is 145 Å². The largest absolute Gasteiger partial charge is 0.436 e. The molecule has 0 aliphatic heterocycles. The summed E-state index contributed by atoms with van der Waals surface area (Å²) in [6, 6.07) is 54.0. The van der Waals surface area contributed by atoms with Crippen LogP contribution < -0.4 is 20.7 Å². The maximum Gasteiger partial charge on any atom is 0.271 e. The Kier molecular flexibility index (Phi) is 9.96. The van der Waals surface area contributed by atoms with E-state index in [4.69, 9.17) is 4.12 Å². The van der Waals surface area contributed by atoms with Crippen LogP contribution in [0.1, 0.15) is 11.1 Å². The molecule has 0 atom stereocenters. The number of nitrogens with zero attached hydrogens (tertiary/aromatic N) is 2.